The molecule has 0 saturated heterocycles. The summed E-state index contributed by atoms with van der Waals surface area (Å²) < 4.78 is 38.0. The summed E-state index contributed by atoms with van der Waals surface area (Å²) in [7, 11) is 0. The van der Waals surface area contributed by atoms with E-state index in [9.17, 15) is 18.0 Å². The van der Waals surface area contributed by atoms with Gasteiger partial charge in [0.25, 0.3) is 6.43 Å². The Morgan fingerprint density at radius 2 is 2.00 bits per heavy atom. The van der Waals surface area contributed by atoms with Crippen LogP contribution in [0.25, 0.3) is 0 Å². The molecule has 0 N–H and O–H groups in total. The van der Waals surface area contributed by atoms with Crippen molar-refractivity contribution in [1.82, 2.24) is 0 Å². The van der Waals surface area contributed by atoms with Crippen LogP contribution in [0.5, 0.6) is 0 Å². The lowest BCUT2D eigenvalue weighted by atomic mass is 10.0. The summed E-state index contributed by atoms with van der Waals surface area (Å²) in [6, 6.07) is 2.13. The second kappa shape index (κ2) is 4.13. The first-order valence-electron chi connectivity index (χ1n) is 3.72. The molecule has 1 rings (SSSR count). The van der Waals surface area contributed by atoms with Gasteiger partial charge >= 0.3 is 0 Å². The summed E-state index contributed by atoms with van der Waals surface area (Å²) in [6.45, 7) is 1.12. The minimum absolute atomic E-state index is 0.182. The van der Waals surface area contributed by atoms with Crippen LogP contribution in [0.1, 0.15) is 29.3 Å². The van der Waals surface area contributed by atoms with Crippen molar-refractivity contribution in [2.75, 3.05) is 0 Å². The van der Waals surface area contributed by atoms with Gasteiger partial charge in [-0.2, -0.15) is 0 Å². The van der Waals surface area contributed by atoms with Crippen LogP contribution >= 0.6 is 15.9 Å². The van der Waals surface area contributed by atoms with Gasteiger partial charge in [0.15, 0.2) is 5.78 Å². The van der Waals surface area contributed by atoms with Gasteiger partial charge in [0.05, 0.1) is 5.56 Å². The highest BCUT2D eigenvalue weighted by Gasteiger charge is 2.22. The number of ketones is 1. The molecule has 0 spiro atoms. The van der Waals surface area contributed by atoms with E-state index in [1.165, 1.54) is 6.07 Å². The Kier molecular flexibility index (Phi) is 3.31. The topological polar surface area (TPSA) is 17.1 Å². The summed E-state index contributed by atoms with van der Waals surface area (Å²) in [5.74, 6) is -1.65. The number of Topliss-reactive ketones (excluding diaryl/α,β-unsaturated/α-hetero) is 1. The number of benzene rings is 1. The van der Waals surface area contributed by atoms with Crippen LogP contribution in [-0.2, 0) is 0 Å². The van der Waals surface area contributed by atoms with E-state index in [0.717, 1.165) is 13.0 Å². The van der Waals surface area contributed by atoms with Crippen molar-refractivity contribution in [3.8, 4) is 0 Å². The van der Waals surface area contributed by atoms with Crippen molar-refractivity contribution in [2.45, 2.75) is 13.3 Å². The zero-order valence-corrected chi connectivity index (χ0v) is 8.74. The lowest BCUT2D eigenvalue weighted by molar-refractivity contribution is 0.0994. The highest BCUT2D eigenvalue weighted by molar-refractivity contribution is 9.10. The Balaban J connectivity index is 3.50. The van der Waals surface area contributed by atoms with Crippen LogP contribution in [0.3, 0.4) is 0 Å². The Bertz CT molecular complexity index is 377. The fourth-order valence-electron chi connectivity index (χ4n) is 1.14. The number of hydrogen-bond acceptors (Lipinski definition) is 1. The van der Waals surface area contributed by atoms with E-state index >= 15 is 0 Å². The first-order chi connectivity index (χ1) is 6.45. The van der Waals surface area contributed by atoms with Crippen LogP contribution in [0.4, 0.5) is 13.2 Å². The maximum Gasteiger partial charge on any atom is 0.267 e. The molecule has 0 aliphatic heterocycles. The third-order valence-electron chi connectivity index (χ3n) is 1.71. The van der Waals surface area contributed by atoms with Crippen molar-refractivity contribution >= 4 is 21.7 Å². The van der Waals surface area contributed by atoms with Crippen molar-refractivity contribution in [3.63, 3.8) is 0 Å². The van der Waals surface area contributed by atoms with E-state index in [1.807, 2.05) is 0 Å². The van der Waals surface area contributed by atoms with Crippen LogP contribution in [0.15, 0.2) is 16.6 Å². The van der Waals surface area contributed by atoms with Gasteiger partial charge in [0, 0.05) is 10.0 Å². The summed E-state index contributed by atoms with van der Waals surface area (Å²) in [4.78, 5) is 11.0. The number of alkyl halides is 2. The normalized spacial score (nSPS) is 10.7. The molecule has 5 heteroatoms. The van der Waals surface area contributed by atoms with Crippen molar-refractivity contribution < 1.29 is 18.0 Å². The largest absolute Gasteiger partial charge is 0.294 e. The molecule has 0 amide bonds. The molecule has 1 nitrogen and oxygen atoms in total. The molecule has 14 heavy (non-hydrogen) atoms. The minimum Gasteiger partial charge on any atom is -0.294 e. The van der Waals surface area contributed by atoms with E-state index in [4.69, 9.17) is 0 Å². The van der Waals surface area contributed by atoms with E-state index < -0.39 is 23.6 Å². The smallest absolute Gasteiger partial charge is 0.267 e. The average molecular weight is 267 g/mol. The predicted molar refractivity (Wildman–Crippen MR) is 49.1 cm³/mol. The Hall–Kier alpha value is -0.840. The van der Waals surface area contributed by atoms with Gasteiger partial charge in [-0.15, -0.1) is 0 Å². The molecular formula is C9H6BrF3O. The first-order valence-corrected chi connectivity index (χ1v) is 4.51. The lowest BCUT2D eigenvalue weighted by Crippen LogP contribution is -2.04. The molecular weight excluding hydrogens is 261 g/mol. The van der Waals surface area contributed by atoms with Crippen molar-refractivity contribution in [3.05, 3.63) is 33.5 Å². The van der Waals surface area contributed by atoms with E-state index in [2.05, 4.69) is 15.9 Å². The van der Waals surface area contributed by atoms with Gasteiger partial charge in [-0.25, -0.2) is 13.2 Å². The molecule has 0 radical (unpaired) electrons. The Labute approximate surface area is 87.1 Å². The lowest BCUT2D eigenvalue weighted by Gasteiger charge is -2.08. The van der Waals surface area contributed by atoms with E-state index in [0.29, 0.717) is 0 Å². The molecule has 0 fully saturated rings. The number of carbonyl (C=O) groups is 1. The maximum absolute atomic E-state index is 13.0. The summed E-state index contributed by atoms with van der Waals surface area (Å²) in [5.41, 5.74) is -1.13. The fraction of sp³-hybridized carbons (Fsp3) is 0.222. The molecule has 0 aromatic heterocycles. The van der Waals surface area contributed by atoms with Gasteiger partial charge in [-0.3, -0.25) is 4.79 Å². The molecule has 0 bridgehead atoms. The fourth-order valence-corrected chi connectivity index (χ4v) is 1.76. The molecule has 0 heterocycles. The van der Waals surface area contributed by atoms with Crippen LogP contribution in [0, 0.1) is 5.82 Å². The van der Waals surface area contributed by atoms with Gasteiger partial charge in [0.2, 0.25) is 0 Å². The van der Waals surface area contributed by atoms with E-state index in [-0.39, 0.29) is 10.0 Å². The van der Waals surface area contributed by atoms with Gasteiger partial charge in [0.1, 0.15) is 5.82 Å². The minimum atomic E-state index is -2.99. The molecule has 0 aliphatic rings. The molecule has 0 atom stereocenters. The van der Waals surface area contributed by atoms with Crippen LogP contribution < -0.4 is 0 Å². The quantitative estimate of drug-likeness (QED) is 0.746. The number of carbonyl (C=O) groups excluding carboxylic acids is 1. The molecule has 1 aromatic rings. The average Bonchev–Trinajstić information content (AvgIpc) is 2.07. The monoisotopic (exact) mass is 266 g/mol. The number of hydrogen-bond donors (Lipinski definition) is 0. The Morgan fingerprint density at radius 1 is 1.43 bits per heavy atom. The third-order valence-corrected chi connectivity index (χ3v) is 2.37. The summed E-state index contributed by atoms with van der Waals surface area (Å²) in [6.07, 6.45) is -2.99. The highest BCUT2D eigenvalue weighted by Crippen LogP contribution is 2.31. The number of halogens is 4. The Morgan fingerprint density at radius 3 is 2.36 bits per heavy atom. The second-order valence-electron chi connectivity index (χ2n) is 2.67. The standard InChI is InChI=1S/C9H6BrF3O/c1-4(14)7-5(10)2-3-6(11)8(7)9(12)13/h2-3,9H,1H3. The maximum atomic E-state index is 13.0. The second-order valence-corrected chi connectivity index (χ2v) is 3.53. The molecule has 1 aromatic carbocycles. The highest BCUT2D eigenvalue weighted by atomic mass is 79.9. The SMILES string of the molecule is CC(=O)c1c(Br)ccc(F)c1C(F)F. The van der Waals surface area contributed by atoms with Crippen LogP contribution in [-0.4, -0.2) is 5.78 Å². The van der Waals surface area contributed by atoms with Gasteiger partial charge in [-0.05, 0) is 19.1 Å². The third kappa shape index (κ3) is 1.97. The molecule has 0 aliphatic carbocycles. The van der Waals surface area contributed by atoms with E-state index in [1.54, 1.807) is 0 Å². The summed E-state index contributed by atoms with van der Waals surface area (Å²) in [5, 5.41) is 0. The van der Waals surface area contributed by atoms with Gasteiger partial charge in [-0.1, -0.05) is 15.9 Å². The predicted octanol–water partition coefficient (Wildman–Crippen LogP) is 3.73. The molecule has 0 saturated carbocycles. The van der Waals surface area contributed by atoms with Crippen LogP contribution in [0.2, 0.25) is 0 Å². The summed E-state index contributed by atoms with van der Waals surface area (Å²) >= 11 is 2.93. The number of rotatable bonds is 2. The van der Waals surface area contributed by atoms with Crippen molar-refractivity contribution in [2.24, 2.45) is 0 Å². The van der Waals surface area contributed by atoms with Gasteiger partial charge < -0.3 is 0 Å². The molecule has 76 valence electrons. The zero-order valence-electron chi connectivity index (χ0n) is 7.15. The molecule has 0 unspecified atom stereocenters. The van der Waals surface area contributed by atoms with Crippen molar-refractivity contribution in [1.29, 1.82) is 0 Å². The first kappa shape index (κ1) is 11.2. The zero-order chi connectivity index (χ0) is 10.9.